The molecule has 1 aromatic carbocycles. The molecule has 0 saturated carbocycles. The zero-order valence-corrected chi connectivity index (χ0v) is 12.8. The van der Waals surface area contributed by atoms with Gasteiger partial charge in [-0.1, -0.05) is 18.5 Å². The summed E-state index contributed by atoms with van der Waals surface area (Å²) in [4.78, 5) is 4.34. The number of ether oxygens (including phenoxy) is 1. The summed E-state index contributed by atoms with van der Waals surface area (Å²) in [5.74, 6) is 0.541. The first-order valence-electron chi connectivity index (χ1n) is 6.65. The minimum absolute atomic E-state index is 0.0991. The quantitative estimate of drug-likeness (QED) is 0.559. The predicted octanol–water partition coefficient (Wildman–Crippen LogP) is 4.38. The number of hydrogen-bond donors (Lipinski definition) is 0. The molecule has 2 aromatic rings. The maximum atomic E-state index is 13.5. The van der Waals surface area contributed by atoms with Crippen LogP contribution in [0.25, 0.3) is 11.0 Å². The number of benzene rings is 1. The molecule has 1 aromatic heterocycles. The van der Waals surface area contributed by atoms with Gasteiger partial charge in [0.2, 0.25) is 0 Å². The van der Waals surface area contributed by atoms with Gasteiger partial charge in [0.25, 0.3) is 0 Å². The molecule has 110 valence electrons. The summed E-state index contributed by atoms with van der Waals surface area (Å²) in [7, 11) is 0. The summed E-state index contributed by atoms with van der Waals surface area (Å²) in [6.45, 7) is 4.25. The minimum atomic E-state index is -0.462. The van der Waals surface area contributed by atoms with Gasteiger partial charge < -0.3 is 9.30 Å². The van der Waals surface area contributed by atoms with Crippen LogP contribution in [0.5, 0.6) is 0 Å². The Morgan fingerprint density at radius 3 is 2.85 bits per heavy atom. The lowest BCUT2D eigenvalue weighted by Gasteiger charge is -2.08. The Morgan fingerprint density at radius 1 is 1.35 bits per heavy atom. The molecule has 0 unspecified atom stereocenters. The molecule has 0 aliphatic rings. The highest BCUT2D eigenvalue weighted by molar-refractivity contribution is 6.31. The van der Waals surface area contributed by atoms with E-state index in [1.807, 2.05) is 4.57 Å². The third kappa shape index (κ3) is 3.43. The van der Waals surface area contributed by atoms with Gasteiger partial charge in [-0.25, -0.2) is 9.37 Å². The first-order valence-corrected chi connectivity index (χ1v) is 7.56. The molecule has 6 heteroatoms. The highest BCUT2D eigenvalue weighted by Gasteiger charge is 2.12. The summed E-state index contributed by atoms with van der Waals surface area (Å²) in [6, 6.07) is 2.94. The smallest absolute Gasteiger partial charge is 0.144 e. The van der Waals surface area contributed by atoms with Gasteiger partial charge in [-0.3, -0.25) is 0 Å². The molecule has 1 heterocycles. The largest absolute Gasteiger partial charge is 0.381 e. The van der Waals surface area contributed by atoms with E-state index in [2.05, 4.69) is 11.9 Å². The van der Waals surface area contributed by atoms with E-state index in [4.69, 9.17) is 27.9 Å². The molecule has 20 heavy (non-hydrogen) atoms. The Balaban J connectivity index is 2.19. The van der Waals surface area contributed by atoms with Crippen molar-refractivity contribution in [1.82, 2.24) is 9.55 Å². The van der Waals surface area contributed by atoms with Gasteiger partial charge in [0.1, 0.15) is 11.6 Å². The molecule has 0 saturated heterocycles. The average Bonchev–Trinajstić information content (AvgIpc) is 2.76. The van der Waals surface area contributed by atoms with Crippen molar-refractivity contribution in [3.8, 4) is 0 Å². The fourth-order valence-electron chi connectivity index (χ4n) is 2.09. The number of rotatable bonds is 7. The molecular formula is C14H17Cl2FN2O. The zero-order chi connectivity index (χ0) is 14.5. The molecule has 0 aliphatic heterocycles. The van der Waals surface area contributed by atoms with E-state index < -0.39 is 5.82 Å². The van der Waals surface area contributed by atoms with E-state index in [9.17, 15) is 4.39 Å². The van der Waals surface area contributed by atoms with Gasteiger partial charge >= 0.3 is 0 Å². The van der Waals surface area contributed by atoms with Crippen LogP contribution in [0.15, 0.2) is 12.1 Å². The van der Waals surface area contributed by atoms with Crippen LogP contribution in [0.2, 0.25) is 5.02 Å². The molecular weight excluding hydrogens is 302 g/mol. The molecule has 0 atom stereocenters. The molecule has 2 rings (SSSR count). The molecule has 3 nitrogen and oxygen atoms in total. The fraction of sp³-hybridized carbons (Fsp3) is 0.500. The molecule has 0 radical (unpaired) electrons. The monoisotopic (exact) mass is 318 g/mol. The summed E-state index contributed by atoms with van der Waals surface area (Å²) in [5.41, 5.74) is 1.39. The fourth-order valence-corrected chi connectivity index (χ4v) is 2.45. The number of imidazole rings is 1. The Labute approximate surface area is 127 Å². The Bertz CT molecular complexity index is 586. The van der Waals surface area contributed by atoms with Gasteiger partial charge in [0.05, 0.1) is 21.9 Å². The summed E-state index contributed by atoms with van der Waals surface area (Å²) in [6.07, 6.45) is 1.86. The second-order valence-electron chi connectivity index (χ2n) is 4.53. The highest BCUT2D eigenvalue weighted by atomic mass is 35.5. The molecule has 0 bridgehead atoms. The maximum absolute atomic E-state index is 13.5. The SMILES string of the molecule is CCCOCCCn1c(CCl)nc2cc(F)c(Cl)cc21. The summed E-state index contributed by atoms with van der Waals surface area (Å²) in [5, 5.41) is 0.0991. The summed E-state index contributed by atoms with van der Waals surface area (Å²) < 4.78 is 20.9. The van der Waals surface area contributed by atoms with Crippen molar-refractivity contribution in [2.24, 2.45) is 0 Å². The second-order valence-corrected chi connectivity index (χ2v) is 5.21. The van der Waals surface area contributed by atoms with Gasteiger partial charge in [0.15, 0.2) is 0 Å². The first kappa shape index (κ1) is 15.5. The maximum Gasteiger partial charge on any atom is 0.144 e. The Kier molecular flexibility index (Phi) is 5.64. The number of alkyl halides is 1. The van der Waals surface area contributed by atoms with Crippen LogP contribution in [0, 0.1) is 5.82 Å². The first-order chi connectivity index (χ1) is 9.67. The van der Waals surface area contributed by atoms with Gasteiger partial charge in [0, 0.05) is 25.8 Å². The number of nitrogens with zero attached hydrogens (tertiary/aromatic N) is 2. The number of fused-ring (bicyclic) bond motifs is 1. The zero-order valence-electron chi connectivity index (χ0n) is 11.3. The molecule has 0 amide bonds. The lowest BCUT2D eigenvalue weighted by molar-refractivity contribution is 0.129. The van der Waals surface area contributed by atoms with Crippen LogP contribution in [0.3, 0.4) is 0 Å². The Morgan fingerprint density at radius 2 is 2.15 bits per heavy atom. The topological polar surface area (TPSA) is 27.1 Å². The van der Waals surface area contributed by atoms with E-state index in [0.717, 1.165) is 37.3 Å². The van der Waals surface area contributed by atoms with Crippen molar-refractivity contribution in [3.05, 3.63) is 28.8 Å². The van der Waals surface area contributed by atoms with Crippen molar-refractivity contribution in [1.29, 1.82) is 0 Å². The number of aromatic nitrogens is 2. The van der Waals surface area contributed by atoms with Crippen LogP contribution < -0.4 is 0 Å². The second kappa shape index (κ2) is 7.25. The van der Waals surface area contributed by atoms with Crippen molar-refractivity contribution in [2.75, 3.05) is 13.2 Å². The van der Waals surface area contributed by atoms with Gasteiger partial charge in [-0.15, -0.1) is 11.6 Å². The van der Waals surface area contributed by atoms with Crippen LogP contribution in [-0.2, 0) is 17.2 Å². The predicted molar refractivity (Wildman–Crippen MR) is 80.0 cm³/mol. The van der Waals surface area contributed by atoms with E-state index in [1.165, 1.54) is 6.07 Å². The van der Waals surface area contributed by atoms with Crippen molar-refractivity contribution >= 4 is 34.2 Å². The molecule has 0 N–H and O–H groups in total. The third-order valence-electron chi connectivity index (χ3n) is 3.01. The molecule has 0 aliphatic carbocycles. The standard InChI is InChI=1S/C14H17Cl2FN2O/c1-2-5-20-6-3-4-19-13-7-10(16)11(17)8-12(13)18-14(19)9-15/h7-8H,2-6,9H2,1H3. The van der Waals surface area contributed by atoms with E-state index >= 15 is 0 Å². The molecule has 0 fully saturated rings. The number of hydrogen-bond acceptors (Lipinski definition) is 2. The third-order valence-corrected chi connectivity index (χ3v) is 3.54. The van der Waals surface area contributed by atoms with E-state index in [-0.39, 0.29) is 10.9 Å². The van der Waals surface area contributed by atoms with E-state index in [1.54, 1.807) is 6.07 Å². The lowest BCUT2D eigenvalue weighted by Crippen LogP contribution is -2.06. The van der Waals surface area contributed by atoms with Gasteiger partial charge in [-0.2, -0.15) is 0 Å². The Hall–Kier alpha value is -0.840. The highest BCUT2D eigenvalue weighted by Crippen LogP contribution is 2.24. The van der Waals surface area contributed by atoms with Crippen LogP contribution in [-0.4, -0.2) is 22.8 Å². The van der Waals surface area contributed by atoms with Crippen LogP contribution in [0.4, 0.5) is 4.39 Å². The van der Waals surface area contributed by atoms with Crippen molar-refractivity contribution in [3.63, 3.8) is 0 Å². The van der Waals surface area contributed by atoms with Crippen molar-refractivity contribution < 1.29 is 9.13 Å². The van der Waals surface area contributed by atoms with E-state index in [0.29, 0.717) is 12.1 Å². The number of aryl methyl sites for hydroxylation is 1. The number of halogens is 3. The minimum Gasteiger partial charge on any atom is -0.381 e. The lowest BCUT2D eigenvalue weighted by atomic mass is 10.3. The summed E-state index contributed by atoms with van der Waals surface area (Å²) >= 11 is 11.7. The molecule has 0 spiro atoms. The average molecular weight is 319 g/mol. The normalized spacial score (nSPS) is 11.4. The van der Waals surface area contributed by atoms with Crippen LogP contribution >= 0.6 is 23.2 Å². The van der Waals surface area contributed by atoms with Crippen molar-refractivity contribution in [2.45, 2.75) is 32.2 Å². The van der Waals surface area contributed by atoms with Gasteiger partial charge in [-0.05, 0) is 18.9 Å². The van der Waals surface area contributed by atoms with Crippen LogP contribution in [0.1, 0.15) is 25.6 Å².